The maximum Gasteiger partial charge on any atom is 0.143 e. The molecular formula is C10H14N2OS. The molecule has 1 aromatic heterocycles. The molecule has 1 atom stereocenters. The number of hydrogen-bond acceptors (Lipinski definition) is 4. The highest BCUT2D eigenvalue weighted by atomic mass is 32.1. The molecule has 0 saturated carbocycles. The Labute approximate surface area is 87.6 Å². The first-order chi connectivity index (χ1) is 6.75. The van der Waals surface area contributed by atoms with Crippen LogP contribution in [0.15, 0.2) is 5.38 Å². The van der Waals surface area contributed by atoms with Crippen molar-refractivity contribution < 1.29 is 4.79 Å². The minimum absolute atomic E-state index is 0.219. The summed E-state index contributed by atoms with van der Waals surface area (Å²) in [6.07, 6.45) is 1.50. The lowest BCUT2D eigenvalue weighted by molar-refractivity contribution is -0.121. The van der Waals surface area contributed by atoms with Crippen LogP contribution >= 0.6 is 11.3 Å². The molecule has 14 heavy (non-hydrogen) atoms. The highest BCUT2D eigenvalue weighted by Gasteiger charge is 2.22. The summed E-state index contributed by atoms with van der Waals surface area (Å²) >= 11 is 1.61. The van der Waals surface area contributed by atoms with Crippen LogP contribution in [0.3, 0.4) is 0 Å². The van der Waals surface area contributed by atoms with Gasteiger partial charge in [-0.3, -0.25) is 4.79 Å². The molecule has 1 N–H and O–H groups in total. The Kier molecular flexibility index (Phi) is 2.93. The second-order valence-electron chi connectivity index (χ2n) is 3.69. The number of aromatic nitrogens is 1. The van der Waals surface area contributed by atoms with E-state index in [1.165, 1.54) is 0 Å². The van der Waals surface area contributed by atoms with Crippen LogP contribution in [-0.4, -0.2) is 23.9 Å². The van der Waals surface area contributed by atoms with Crippen LogP contribution in [0.1, 0.15) is 17.1 Å². The SMILES string of the molecule is Cc1nc(CC(=O)C2CCNC2)cs1. The topological polar surface area (TPSA) is 42.0 Å². The van der Waals surface area contributed by atoms with Gasteiger partial charge in [-0.25, -0.2) is 4.98 Å². The minimum Gasteiger partial charge on any atom is -0.316 e. The van der Waals surface area contributed by atoms with E-state index >= 15 is 0 Å². The highest BCUT2D eigenvalue weighted by molar-refractivity contribution is 7.09. The lowest BCUT2D eigenvalue weighted by Gasteiger charge is -2.04. The molecule has 2 rings (SSSR count). The van der Waals surface area contributed by atoms with Crippen molar-refractivity contribution >= 4 is 17.1 Å². The Balaban J connectivity index is 1.93. The second-order valence-corrected chi connectivity index (χ2v) is 4.75. The number of rotatable bonds is 3. The largest absolute Gasteiger partial charge is 0.316 e. The summed E-state index contributed by atoms with van der Waals surface area (Å²) in [5.74, 6) is 0.553. The normalized spacial score (nSPS) is 21.4. The summed E-state index contributed by atoms with van der Waals surface area (Å²) in [4.78, 5) is 16.0. The molecule has 1 unspecified atom stereocenters. The zero-order valence-electron chi connectivity index (χ0n) is 8.25. The maximum absolute atomic E-state index is 11.7. The average molecular weight is 210 g/mol. The standard InChI is InChI=1S/C10H14N2OS/c1-7-12-9(6-14-7)4-10(13)8-2-3-11-5-8/h6,8,11H,2-5H2,1H3. The van der Waals surface area contributed by atoms with Gasteiger partial charge < -0.3 is 5.32 Å². The Morgan fingerprint density at radius 3 is 3.21 bits per heavy atom. The Bertz CT molecular complexity index is 329. The van der Waals surface area contributed by atoms with Crippen LogP contribution in [0.5, 0.6) is 0 Å². The van der Waals surface area contributed by atoms with E-state index in [2.05, 4.69) is 10.3 Å². The number of ketones is 1. The highest BCUT2D eigenvalue weighted by Crippen LogP contribution is 2.14. The van der Waals surface area contributed by atoms with Gasteiger partial charge in [-0.2, -0.15) is 0 Å². The van der Waals surface area contributed by atoms with Crippen LogP contribution in [0.4, 0.5) is 0 Å². The van der Waals surface area contributed by atoms with Gasteiger partial charge in [0.25, 0.3) is 0 Å². The monoisotopic (exact) mass is 210 g/mol. The van der Waals surface area contributed by atoms with Gasteiger partial charge in [0.1, 0.15) is 5.78 Å². The molecule has 1 aromatic rings. The van der Waals surface area contributed by atoms with E-state index in [-0.39, 0.29) is 5.92 Å². The maximum atomic E-state index is 11.7. The Morgan fingerprint density at radius 1 is 1.79 bits per heavy atom. The number of Topliss-reactive ketones (excluding diaryl/α,β-unsaturated/α-hetero) is 1. The quantitative estimate of drug-likeness (QED) is 0.814. The Hall–Kier alpha value is -0.740. The molecule has 76 valence electrons. The number of carbonyl (C=O) groups excluding carboxylic acids is 1. The molecule has 0 amide bonds. The van der Waals surface area contributed by atoms with E-state index in [0.717, 1.165) is 30.2 Å². The average Bonchev–Trinajstić information content (AvgIpc) is 2.75. The molecule has 2 heterocycles. The fourth-order valence-corrected chi connectivity index (χ4v) is 2.35. The molecule has 1 fully saturated rings. The molecule has 0 radical (unpaired) electrons. The second kappa shape index (κ2) is 4.19. The smallest absolute Gasteiger partial charge is 0.143 e. The molecule has 1 aliphatic rings. The van der Waals surface area contributed by atoms with Crippen LogP contribution in [0, 0.1) is 12.8 Å². The first-order valence-electron chi connectivity index (χ1n) is 4.90. The van der Waals surface area contributed by atoms with Crippen molar-refractivity contribution in [3.05, 3.63) is 16.1 Å². The third kappa shape index (κ3) is 2.19. The summed E-state index contributed by atoms with van der Waals surface area (Å²) in [6, 6.07) is 0. The lowest BCUT2D eigenvalue weighted by Crippen LogP contribution is -2.19. The van der Waals surface area contributed by atoms with Gasteiger partial charge in [-0.15, -0.1) is 11.3 Å². The molecular weight excluding hydrogens is 196 g/mol. The molecule has 3 nitrogen and oxygen atoms in total. The number of nitrogens with one attached hydrogen (secondary N) is 1. The first-order valence-corrected chi connectivity index (χ1v) is 5.78. The molecule has 0 bridgehead atoms. The number of aryl methyl sites for hydroxylation is 1. The number of hydrogen-bond donors (Lipinski definition) is 1. The number of thiazole rings is 1. The summed E-state index contributed by atoms with van der Waals surface area (Å²) in [6.45, 7) is 3.80. The lowest BCUT2D eigenvalue weighted by atomic mass is 10.00. The van der Waals surface area contributed by atoms with E-state index in [9.17, 15) is 4.79 Å². The van der Waals surface area contributed by atoms with Crippen molar-refractivity contribution in [1.82, 2.24) is 10.3 Å². The van der Waals surface area contributed by atoms with E-state index in [4.69, 9.17) is 0 Å². The third-order valence-corrected chi connectivity index (χ3v) is 3.36. The van der Waals surface area contributed by atoms with Crippen molar-refractivity contribution in [2.75, 3.05) is 13.1 Å². The van der Waals surface area contributed by atoms with Crippen LogP contribution in [0.2, 0.25) is 0 Å². The fraction of sp³-hybridized carbons (Fsp3) is 0.600. The van der Waals surface area contributed by atoms with Gasteiger partial charge >= 0.3 is 0 Å². The van der Waals surface area contributed by atoms with E-state index in [1.54, 1.807) is 11.3 Å². The molecule has 0 aliphatic carbocycles. The Morgan fingerprint density at radius 2 is 2.64 bits per heavy atom. The van der Waals surface area contributed by atoms with E-state index < -0.39 is 0 Å². The molecule has 1 aliphatic heterocycles. The van der Waals surface area contributed by atoms with Crippen LogP contribution in [-0.2, 0) is 11.2 Å². The summed E-state index contributed by atoms with van der Waals surface area (Å²) in [5, 5.41) is 6.23. The van der Waals surface area contributed by atoms with Gasteiger partial charge in [-0.05, 0) is 19.9 Å². The molecule has 0 aromatic carbocycles. The fourth-order valence-electron chi connectivity index (χ4n) is 1.74. The van der Waals surface area contributed by atoms with Gasteiger partial charge in [0.2, 0.25) is 0 Å². The number of nitrogens with zero attached hydrogens (tertiary/aromatic N) is 1. The van der Waals surface area contributed by atoms with Gasteiger partial charge in [-0.1, -0.05) is 0 Å². The molecule has 4 heteroatoms. The summed E-state index contributed by atoms with van der Waals surface area (Å²) in [5.41, 5.74) is 0.935. The zero-order chi connectivity index (χ0) is 9.97. The summed E-state index contributed by atoms with van der Waals surface area (Å²) in [7, 11) is 0. The first kappa shape index (κ1) is 9.80. The molecule has 0 spiro atoms. The van der Waals surface area contributed by atoms with Crippen molar-refractivity contribution in [1.29, 1.82) is 0 Å². The third-order valence-electron chi connectivity index (χ3n) is 2.54. The van der Waals surface area contributed by atoms with Gasteiger partial charge in [0.15, 0.2) is 0 Å². The van der Waals surface area contributed by atoms with E-state index in [1.807, 2.05) is 12.3 Å². The van der Waals surface area contributed by atoms with Crippen molar-refractivity contribution in [3.63, 3.8) is 0 Å². The minimum atomic E-state index is 0.219. The van der Waals surface area contributed by atoms with Crippen molar-refractivity contribution in [2.45, 2.75) is 19.8 Å². The van der Waals surface area contributed by atoms with Crippen molar-refractivity contribution in [3.8, 4) is 0 Å². The predicted molar refractivity (Wildman–Crippen MR) is 56.5 cm³/mol. The van der Waals surface area contributed by atoms with Gasteiger partial charge in [0.05, 0.1) is 10.7 Å². The van der Waals surface area contributed by atoms with Crippen LogP contribution in [0.25, 0.3) is 0 Å². The van der Waals surface area contributed by atoms with Gasteiger partial charge in [0, 0.05) is 24.3 Å². The molecule has 1 saturated heterocycles. The van der Waals surface area contributed by atoms with Crippen LogP contribution < -0.4 is 5.32 Å². The predicted octanol–water partition coefficient (Wildman–Crippen LogP) is 1.17. The zero-order valence-corrected chi connectivity index (χ0v) is 9.06. The summed E-state index contributed by atoms with van der Waals surface area (Å²) < 4.78 is 0. The number of carbonyl (C=O) groups is 1. The van der Waals surface area contributed by atoms with Crippen molar-refractivity contribution in [2.24, 2.45) is 5.92 Å². The van der Waals surface area contributed by atoms with E-state index in [0.29, 0.717) is 12.2 Å².